The Hall–Kier alpha value is -1.68. The summed E-state index contributed by atoms with van der Waals surface area (Å²) in [5.41, 5.74) is 0.111. The lowest BCUT2D eigenvalue weighted by Gasteiger charge is -2.10. The number of carbonyl (C=O) groups excluding carboxylic acids is 1. The quantitative estimate of drug-likeness (QED) is 0.700. The molecule has 22 heavy (non-hydrogen) atoms. The molecule has 0 saturated heterocycles. The number of pyridine rings is 1. The second-order valence-corrected chi connectivity index (χ2v) is 8.16. The SMILES string of the molecule is O=C(N[C@@H]1C=CS(=O)(=O)C1)c1cc2ccc(I)cc2[nH]c1=O. The van der Waals surface area contributed by atoms with E-state index >= 15 is 0 Å². The molecule has 0 radical (unpaired) electrons. The van der Waals surface area contributed by atoms with Gasteiger partial charge in [-0.05, 0) is 52.3 Å². The van der Waals surface area contributed by atoms with Gasteiger partial charge in [-0.15, -0.1) is 0 Å². The lowest BCUT2D eigenvalue weighted by molar-refractivity contribution is 0.0946. The van der Waals surface area contributed by atoms with Crippen molar-refractivity contribution in [3.8, 4) is 0 Å². The van der Waals surface area contributed by atoms with Gasteiger partial charge >= 0.3 is 0 Å². The topological polar surface area (TPSA) is 96.1 Å². The Morgan fingerprint density at radius 1 is 1.32 bits per heavy atom. The Morgan fingerprint density at radius 2 is 2.09 bits per heavy atom. The van der Waals surface area contributed by atoms with Crippen molar-refractivity contribution in [1.29, 1.82) is 0 Å². The highest BCUT2D eigenvalue weighted by molar-refractivity contribution is 14.1. The van der Waals surface area contributed by atoms with E-state index in [2.05, 4.69) is 32.9 Å². The predicted octanol–water partition coefficient (Wildman–Crippen LogP) is 1.17. The summed E-state index contributed by atoms with van der Waals surface area (Å²) in [5, 5.41) is 4.35. The van der Waals surface area contributed by atoms with Crippen LogP contribution in [0, 0.1) is 3.57 Å². The number of H-pyrrole nitrogens is 1. The molecule has 8 heteroatoms. The number of aromatic nitrogens is 1. The highest BCUT2D eigenvalue weighted by Gasteiger charge is 2.24. The molecule has 1 aromatic heterocycles. The summed E-state index contributed by atoms with van der Waals surface area (Å²) in [7, 11) is -3.25. The Bertz CT molecular complexity index is 962. The number of sulfone groups is 1. The van der Waals surface area contributed by atoms with Crippen LogP contribution in [0.4, 0.5) is 0 Å². The van der Waals surface area contributed by atoms with Gasteiger partial charge in [-0.1, -0.05) is 6.07 Å². The molecule has 1 amide bonds. The zero-order valence-electron chi connectivity index (χ0n) is 11.2. The molecule has 0 bridgehead atoms. The van der Waals surface area contributed by atoms with Crippen molar-refractivity contribution in [2.24, 2.45) is 0 Å². The van der Waals surface area contributed by atoms with E-state index in [-0.39, 0.29) is 11.3 Å². The number of aromatic amines is 1. The smallest absolute Gasteiger partial charge is 0.261 e. The van der Waals surface area contributed by atoms with Crippen molar-refractivity contribution in [3.05, 3.63) is 55.2 Å². The first-order valence-corrected chi connectivity index (χ1v) is 9.18. The van der Waals surface area contributed by atoms with Crippen molar-refractivity contribution in [1.82, 2.24) is 10.3 Å². The van der Waals surface area contributed by atoms with E-state index in [9.17, 15) is 18.0 Å². The maximum Gasteiger partial charge on any atom is 0.261 e. The number of amides is 1. The van der Waals surface area contributed by atoms with E-state index in [1.807, 2.05) is 18.2 Å². The molecule has 0 unspecified atom stereocenters. The summed E-state index contributed by atoms with van der Waals surface area (Å²) in [6.07, 6.45) is 1.41. The van der Waals surface area contributed by atoms with Crippen LogP contribution in [0.3, 0.4) is 0 Å². The molecule has 0 saturated carbocycles. The Labute approximate surface area is 139 Å². The van der Waals surface area contributed by atoms with Gasteiger partial charge in [0.25, 0.3) is 11.5 Å². The number of benzene rings is 1. The normalized spacial score (nSPS) is 19.4. The van der Waals surface area contributed by atoms with Gasteiger partial charge < -0.3 is 10.3 Å². The monoisotopic (exact) mass is 430 g/mol. The van der Waals surface area contributed by atoms with Gasteiger partial charge in [0.05, 0.1) is 11.8 Å². The van der Waals surface area contributed by atoms with Gasteiger partial charge in [-0.2, -0.15) is 0 Å². The van der Waals surface area contributed by atoms with Gasteiger partial charge in [0.15, 0.2) is 9.84 Å². The molecule has 1 aromatic carbocycles. The van der Waals surface area contributed by atoms with E-state index in [1.54, 1.807) is 0 Å². The zero-order valence-corrected chi connectivity index (χ0v) is 14.1. The molecule has 2 N–H and O–H groups in total. The number of halogens is 1. The first-order valence-electron chi connectivity index (χ1n) is 6.38. The average Bonchev–Trinajstić information content (AvgIpc) is 2.76. The Balaban J connectivity index is 1.91. The fraction of sp³-hybridized carbons (Fsp3) is 0.143. The molecule has 2 heterocycles. The summed E-state index contributed by atoms with van der Waals surface area (Å²) in [6, 6.07) is 6.39. The molecule has 0 aliphatic carbocycles. The molecule has 1 aliphatic rings. The Morgan fingerprint density at radius 3 is 2.77 bits per heavy atom. The van der Waals surface area contributed by atoms with Gasteiger partial charge in [0, 0.05) is 14.5 Å². The van der Waals surface area contributed by atoms with Gasteiger partial charge in [-0.25, -0.2) is 8.42 Å². The fourth-order valence-corrected chi connectivity index (χ4v) is 3.98. The summed E-state index contributed by atoms with van der Waals surface area (Å²) >= 11 is 2.13. The largest absolute Gasteiger partial charge is 0.345 e. The predicted molar refractivity (Wildman–Crippen MR) is 91.5 cm³/mol. The zero-order chi connectivity index (χ0) is 15.9. The van der Waals surface area contributed by atoms with Crippen LogP contribution >= 0.6 is 22.6 Å². The van der Waals surface area contributed by atoms with Crippen LogP contribution in [-0.2, 0) is 9.84 Å². The van der Waals surface area contributed by atoms with Crippen LogP contribution in [-0.4, -0.2) is 31.1 Å². The molecule has 0 fully saturated rings. The van der Waals surface area contributed by atoms with Gasteiger partial charge in [-0.3, -0.25) is 9.59 Å². The van der Waals surface area contributed by atoms with Crippen molar-refractivity contribution < 1.29 is 13.2 Å². The van der Waals surface area contributed by atoms with Crippen LogP contribution < -0.4 is 10.9 Å². The van der Waals surface area contributed by atoms with E-state index < -0.39 is 27.3 Å². The van der Waals surface area contributed by atoms with Crippen molar-refractivity contribution >= 4 is 49.2 Å². The highest BCUT2D eigenvalue weighted by Crippen LogP contribution is 2.15. The number of rotatable bonds is 2. The molecule has 114 valence electrons. The molecule has 0 spiro atoms. The number of carbonyl (C=O) groups is 1. The molecular weight excluding hydrogens is 419 g/mol. The molecule has 1 aliphatic heterocycles. The fourth-order valence-electron chi connectivity index (χ4n) is 2.25. The van der Waals surface area contributed by atoms with Crippen molar-refractivity contribution in [2.45, 2.75) is 6.04 Å². The molecule has 6 nitrogen and oxygen atoms in total. The van der Waals surface area contributed by atoms with Crippen LogP contribution in [0.25, 0.3) is 10.9 Å². The molecular formula is C14H11IN2O4S. The summed E-state index contributed by atoms with van der Waals surface area (Å²) < 4.78 is 23.6. The van der Waals surface area contributed by atoms with Gasteiger partial charge in [0.2, 0.25) is 0 Å². The number of hydrogen-bond acceptors (Lipinski definition) is 4. The van der Waals surface area contributed by atoms with Crippen LogP contribution in [0.1, 0.15) is 10.4 Å². The lowest BCUT2D eigenvalue weighted by atomic mass is 10.1. The van der Waals surface area contributed by atoms with Crippen molar-refractivity contribution in [3.63, 3.8) is 0 Å². The molecule has 1 atom stereocenters. The standard InChI is InChI=1S/C14H11IN2O4S/c15-9-2-1-8-5-11(14(19)17-12(8)6-9)13(18)16-10-3-4-22(20,21)7-10/h1-6,10H,7H2,(H,16,18)(H,17,19)/t10-/m1/s1. The first kappa shape index (κ1) is 15.2. The van der Waals surface area contributed by atoms with Crippen molar-refractivity contribution in [2.75, 3.05) is 5.75 Å². The van der Waals surface area contributed by atoms with Crippen LogP contribution in [0.15, 0.2) is 40.5 Å². The van der Waals surface area contributed by atoms with Crippen LogP contribution in [0.5, 0.6) is 0 Å². The van der Waals surface area contributed by atoms with Gasteiger partial charge in [0.1, 0.15) is 5.56 Å². The number of fused-ring (bicyclic) bond motifs is 1. The Kier molecular flexibility index (Phi) is 3.81. The highest BCUT2D eigenvalue weighted by atomic mass is 127. The van der Waals surface area contributed by atoms with Crippen LogP contribution in [0.2, 0.25) is 0 Å². The minimum atomic E-state index is -3.25. The van der Waals surface area contributed by atoms with E-state index in [0.29, 0.717) is 5.52 Å². The lowest BCUT2D eigenvalue weighted by Crippen LogP contribution is -2.38. The minimum Gasteiger partial charge on any atom is -0.345 e. The summed E-state index contributed by atoms with van der Waals surface area (Å²) in [4.78, 5) is 26.9. The van der Waals surface area contributed by atoms with E-state index in [4.69, 9.17) is 0 Å². The number of nitrogens with one attached hydrogen (secondary N) is 2. The maximum absolute atomic E-state index is 12.2. The molecule has 2 aromatic rings. The third-order valence-electron chi connectivity index (χ3n) is 3.30. The number of hydrogen-bond donors (Lipinski definition) is 2. The third kappa shape index (κ3) is 3.07. The minimum absolute atomic E-state index is 0.0357. The first-order chi connectivity index (χ1) is 10.3. The summed E-state index contributed by atoms with van der Waals surface area (Å²) in [6.45, 7) is 0. The average molecular weight is 430 g/mol. The van der Waals surface area contributed by atoms with E-state index in [1.165, 1.54) is 12.1 Å². The summed E-state index contributed by atoms with van der Waals surface area (Å²) in [5.74, 6) is -0.768. The molecule has 3 rings (SSSR count). The second-order valence-electron chi connectivity index (χ2n) is 4.98. The third-order valence-corrected chi connectivity index (χ3v) is 5.37. The van der Waals surface area contributed by atoms with E-state index in [0.717, 1.165) is 14.4 Å². The maximum atomic E-state index is 12.2. The second kappa shape index (κ2) is 5.51.